The minimum Gasteiger partial charge on any atom is -0.481 e. The second kappa shape index (κ2) is 5.43. The summed E-state index contributed by atoms with van der Waals surface area (Å²) in [5.41, 5.74) is -0.108. The van der Waals surface area contributed by atoms with E-state index in [0.717, 1.165) is 45.3 Å². The van der Waals surface area contributed by atoms with E-state index >= 15 is 0 Å². The van der Waals surface area contributed by atoms with Crippen molar-refractivity contribution in [1.29, 1.82) is 0 Å². The molecule has 1 aliphatic carbocycles. The van der Waals surface area contributed by atoms with Crippen molar-refractivity contribution in [3.63, 3.8) is 0 Å². The molecule has 3 nitrogen and oxygen atoms in total. The SMILES string of the molecule is CC(C)(C)C1CCN(CC2(C(=O)O)CCCCC2)C1. The van der Waals surface area contributed by atoms with Crippen molar-refractivity contribution in [1.82, 2.24) is 4.90 Å². The lowest BCUT2D eigenvalue weighted by Crippen LogP contribution is -2.44. The summed E-state index contributed by atoms with van der Waals surface area (Å²) < 4.78 is 0. The van der Waals surface area contributed by atoms with Gasteiger partial charge in [-0.1, -0.05) is 40.0 Å². The van der Waals surface area contributed by atoms with Gasteiger partial charge in [0.2, 0.25) is 0 Å². The second-order valence-corrected chi connectivity index (χ2v) is 7.73. The first-order chi connectivity index (χ1) is 8.83. The highest BCUT2D eigenvalue weighted by Crippen LogP contribution is 2.40. The molecule has 1 atom stereocenters. The van der Waals surface area contributed by atoms with Crippen LogP contribution in [-0.2, 0) is 4.79 Å². The molecule has 2 rings (SSSR count). The van der Waals surface area contributed by atoms with Gasteiger partial charge in [-0.2, -0.15) is 0 Å². The monoisotopic (exact) mass is 267 g/mol. The molecule has 0 radical (unpaired) electrons. The van der Waals surface area contributed by atoms with Crippen LogP contribution in [0.5, 0.6) is 0 Å². The number of carboxylic acid groups (broad SMARTS) is 1. The average molecular weight is 267 g/mol. The quantitative estimate of drug-likeness (QED) is 0.852. The summed E-state index contributed by atoms with van der Waals surface area (Å²) in [4.78, 5) is 14.1. The Kier molecular flexibility index (Phi) is 4.24. The first kappa shape index (κ1) is 14.8. The molecule has 3 heteroatoms. The third-order valence-corrected chi connectivity index (χ3v) is 5.29. The van der Waals surface area contributed by atoms with Crippen molar-refractivity contribution >= 4 is 5.97 Å². The summed E-state index contributed by atoms with van der Waals surface area (Å²) in [5, 5.41) is 9.65. The lowest BCUT2D eigenvalue weighted by atomic mass is 9.73. The smallest absolute Gasteiger partial charge is 0.310 e. The number of hydrogen-bond donors (Lipinski definition) is 1. The highest BCUT2D eigenvalue weighted by atomic mass is 16.4. The maximum absolute atomic E-state index is 11.7. The van der Waals surface area contributed by atoms with E-state index in [1.807, 2.05) is 0 Å². The number of carbonyl (C=O) groups is 1. The molecule has 1 N–H and O–H groups in total. The molecule has 0 amide bonds. The average Bonchev–Trinajstić information content (AvgIpc) is 2.78. The predicted octanol–water partition coefficient (Wildman–Crippen LogP) is 3.39. The van der Waals surface area contributed by atoms with Crippen LogP contribution in [0.4, 0.5) is 0 Å². The molecule has 1 unspecified atom stereocenters. The zero-order chi connectivity index (χ0) is 14.1. The van der Waals surface area contributed by atoms with Crippen LogP contribution >= 0.6 is 0 Å². The summed E-state index contributed by atoms with van der Waals surface area (Å²) in [6.07, 6.45) is 6.35. The van der Waals surface area contributed by atoms with E-state index in [9.17, 15) is 9.90 Å². The van der Waals surface area contributed by atoms with Gasteiger partial charge in [-0.3, -0.25) is 4.79 Å². The Morgan fingerprint density at radius 1 is 1.26 bits per heavy atom. The third kappa shape index (κ3) is 3.31. The number of hydrogen-bond acceptors (Lipinski definition) is 2. The summed E-state index contributed by atoms with van der Waals surface area (Å²) in [5.74, 6) is 0.147. The Bertz CT molecular complexity index is 326. The highest BCUT2D eigenvalue weighted by Gasteiger charge is 2.43. The van der Waals surface area contributed by atoms with Crippen LogP contribution in [-0.4, -0.2) is 35.6 Å². The van der Waals surface area contributed by atoms with Gasteiger partial charge in [0.05, 0.1) is 5.41 Å². The van der Waals surface area contributed by atoms with Crippen LogP contribution < -0.4 is 0 Å². The molecule has 1 heterocycles. The number of likely N-dealkylation sites (tertiary alicyclic amines) is 1. The Hall–Kier alpha value is -0.570. The normalized spacial score (nSPS) is 28.5. The molecular weight excluding hydrogens is 238 g/mol. The van der Waals surface area contributed by atoms with E-state index in [4.69, 9.17) is 0 Å². The fourth-order valence-corrected chi connectivity index (χ4v) is 3.78. The third-order valence-electron chi connectivity index (χ3n) is 5.29. The minimum absolute atomic E-state index is 0.345. The summed E-state index contributed by atoms with van der Waals surface area (Å²) in [7, 11) is 0. The van der Waals surface area contributed by atoms with Crippen molar-refractivity contribution in [2.24, 2.45) is 16.7 Å². The molecule has 0 spiro atoms. The molecule has 0 aromatic carbocycles. The Morgan fingerprint density at radius 3 is 2.37 bits per heavy atom. The Morgan fingerprint density at radius 2 is 1.89 bits per heavy atom. The standard InChI is InChI=1S/C16H29NO2/c1-15(2,3)13-7-10-17(11-13)12-16(14(18)19)8-5-4-6-9-16/h13H,4-12H2,1-3H3,(H,18,19). The van der Waals surface area contributed by atoms with Gasteiger partial charge in [0, 0.05) is 13.1 Å². The van der Waals surface area contributed by atoms with Crippen LogP contribution in [0.15, 0.2) is 0 Å². The molecular formula is C16H29NO2. The maximum Gasteiger partial charge on any atom is 0.310 e. The number of rotatable bonds is 3. The second-order valence-electron chi connectivity index (χ2n) is 7.73. The Balaban J connectivity index is 1.98. The predicted molar refractivity (Wildman–Crippen MR) is 77.2 cm³/mol. The van der Waals surface area contributed by atoms with Crippen LogP contribution in [0.3, 0.4) is 0 Å². The Labute approximate surface area is 117 Å². The van der Waals surface area contributed by atoms with E-state index in [-0.39, 0.29) is 0 Å². The summed E-state index contributed by atoms with van der Waals surface area (Å²) in [6.45, 7) is 9.84. The van der Waals surface area contributed by atoms with Crippen LogP contribution in [0.1, 0.15) is 59.3 Å². The largest absolute Gasteiger partial charge is 0.481 e. The maximum atomic E-state index is 11.7. The van der Waals surface area contributed by atoms with E-state index in [2.05, 4.69) is 25.7 Å². The van der Waals surface area contributed by atoms with Gasteiger partial charge in [-0.05, 0) is 37.1 Å². The molecule has 0 bridgehead atoms. The lowest BCUT2D eigenvalue weighted by molar-refractivity contribution is -0.152. The van der Waals surface area contributed by atoms with E-state index < -0.39 is 11.4 Å². The number of carboxylic acids is 1. The van der Waals surface area contributed by atoms with Gasteiger partial charge in [-0.25, -0.2) is 0 Å². The summed E-state index contributed by atoms with van der Waals surface area (Å²) >= 11 is 0. The molecule has 19 heavy (non-hydrogen) atoms. The fourth-order valence-electron chi connectivity index (χ4n) is 3.78. The van der Waals surface area contributed by atoms with Gasteiger partial charge < -0.3 is 10.0 Å². The van der Waals surface area contributed by atoms with Gasteiger partial charge >= 0.3 is 5.97 Å². The van der Waals surface area contributed by atoms with Crippen molar-refractivity contribution in [2.45, 2.75) is 59.3 Å². The van der Waals surface area contributed by atoms with Crippen LogP contribution in [0.2, 0.25) is 0 Å². The minimum atomic E-state index is -0.564. The van der Waals surface area contributed by atoms with Gasteiger partial charge in [0.1, 0.15) is 0 Å². The zero-order valence-electron chi connectivity index (χ0n) is 12.7. The van der Waals surface area contributed by atoms with Crippen molar-refractivity contribution in [2.75, 3.05) is 19.6 Å². The van der Waals surface area contributed by atoms with Crippen LogP contribution in [0, 0.1) is 16.7 Å². The highest BCUT2D eigenvalue weighted by molar-refractivity contribution is 5.75. The molecule has 1 saturated carbocycles. The summed E-state index contributed by atoms with van der Waals surface area (Å²) in [6, 6.07) is 0. The van der Waals surface area contributed by atoms with Crippen molar-refractivity contribution < 1.29 is 9.90 Å². The topological polar surface area (TPSA) is 40.5 Å². The number of nitrogens with zero attached hydrogens (tertiary/aromatic N) is 1. The van der Waals surface area contributed by atoms with E-state index in [1.54, 1.807) is 0 Å². The lowest BCUT2D eigenvalue weighted by Gasteiger charge is -2.37. The fraction of sp³-hybridized carbons (Fsp3) is 0.938. The molecule has 0 aromatic rings. The first-order valence-corrected chi connectivity index (χ1v) is 7.79. The first-order valence-electron chi connectivity index (χ1n) is 7.79. The van der Waals surface area contributed by atoms with E-state index in [1.165, 1.54) is 12.8 Å². The molecule has 1 aliphatic heterocycles. The molecule has 2 aliphatic rings. The molecule has 1 saturated heterocycles. The molecule has 2 fully saturated rings. The van der Waals surface area contributed by atoms with Crippen molar-refractivity contribution in [3.05, 3.63) is 0 Å². The van der Waals surface area contributed by atoms with Gasteiger partial charge in [-0.15, -0.1) is 0 Å². The zero-order valence-corrected chi connectivity index (χ0v) is 12.7. The molecule has 0 aromatic heterocycles. The number of aliphatic carboxylic acids is 1. The van der Waals surface area contributed by atoms with Crippen LogP contribution in [0.25, 0.3) is 0 Å². The van der Waals surface area contributed by atoms with Crippen molar-refractivity contribution in [3.8, 4) is 0 Å². The van der Waals surface area contributed by atoms with Gasteiger partial charge in [0.15, 0.2) is 0 Å². The molecule has 110 valence electrons. The van der Waals surface area contributed by atoms with E-state index in [0.29, 0.717) is 11.3 Å². The van der Waals surface area contributed by atoms with Gasteiger partial charge in [0.25, 0.3) is 0 Å².